The van der Waals surface area contributed by atoms with E-state index >= 15 is 0 Å². The molecule has 0 aliphatic carbocycles. The van der Waals surface area contributed by atoms with E-state index in [1.807, 2.05) is 0 Å². The highest BCUT2D eigenvalue weighted by Crippen LogP contribution is 2.35. The molecule has 1 fully saturated rings. The molecule has 0 saturated carbocycles. The molecule has 1 aliphatic rings. The van der Waals surface area contributed by atoms with Gasteiger partial charge in [0, 0.05) is 18.8 Å². The Labute approximate surface area is 179 Å². The average molecular weight is 511 g/mol. The zero-order chi connectivity index (χ0) is 22.1. The van der Waals surface area contributed by atoms with Crippen molar-refractivity contribution in [2.75, 3.05) is 31.6 Å². The number of carbonyl (C=O) groups is 1. The highest BCUT2D eigenvalue weighted by atomic mass is 79.9. The van der Waals surface area contributed by atoms with Gasteiger partial charge in [0.15, 0.2) is 5.69 Å². The van der Waals surface area contributed by atoms with Crippen molar-refractivity contribution >= 4 is 37.5 Å². The molecule has 1 aliphatic heterocycles. The number of hydrogen-bond acceptors (Lipinski definition) is 5. The van der Waals surface area contributed by atoms with Gasteiger partial charge >= 0.3 is 6.18 Å². The highest BCUT2D eigenvalue weighted by Gasteiger charge is 2.38. The fourth-order valence-corrected chi connectivity index (χ4v) is 4.76. The maximum atomic E-state index is 12.9. The number of carbonyl (C=O) groups excluding carboxylic acids is 1. The smallest absolute Gasteiger partial charge is 0.379 e. The lowest BCUT2D eigenvalue weighted by molar-refractivity contribution is -0.142. The maximum Gasteiger partial charge on any atom is 0.436 e. The number of alkyl halides is 3. The first kappa shape index (κ1) is 22.7. The Kier molecular flexibility index (Phi) is 6.55. The fraction of sp³-hybridized carbons (Fsp3) is 0.412. The number of aromatic nitrogens is 2. The minimum absolute atomic E-state index is 0.0732. The first-order chi connectivity index (χ1) is 14.0. The predicted molar refractivity (Wildman–Crippen MR) is 104 cm³/mol. The van der Waals surface area contributed by atoms with Gasteiger partial charge in [-0.25, -0.2) is 8.42 Å². The number of nitrogens with zero attached hydrogens (tertiary/aromatic N) is 3. The summed E-state index contributed by atoms with van der Waals surface area (Å²) in [5.74, 6) is -0.606. The van der Waals surface area contributed by atoms with Gasteiger partial charge < -0.3 is 10.1 Å². The number of hydrogen-bond donors (Lipinski definition) is 1. The second-order valence-electron chi connectivity index (χ2n) is 6.49. The Hall–Kier alpha value is -1.96. The van der Waals surface area contributed by atoms with Crippen LogP contribution in [0.4, 0.5) is 18.9 Å². The van der Waals surface area contributed by atoms with Crippen molar-refractivity contribution in [2.45, 2.75) is 24.5 Å². The van der Waals surface area contributed by atoms with Crippen molar-refractivity contribution in [2.24, 2.45) is 0 Å². The molecular formula is C17H18BrF3N4O4S. The number of rotatable bonds is 5. The molecule has 13 heteroatoms. The number of amides is 1. The number of ether oxygens (including phenoxy) is 1. The Morgan fingerprint density at radius 1 is 1.23 bits per heavy atom. The number of anilines is 1. The molecule has 2 aromatic rings. The van der Waals surface area contributed by atoms with Gasteiger partial charge in [-0.15, -0.1) is 0 Å². The van der Waals surface area contributed by atoms with E-state index in [1.165, 1.54) is 35.5 Å². The monoisotopic (exact) mass is 510 g/mol. The number of halogens is 4. The standard InChI is InChI=1S/C17H18BrF3N4O4S/c1-11-15(18)16(17(19,20)21)23-25(11)10-14(26)22-12-2-4-13(5-3-12)30(27,28)24-6-8-29-9-7-24/h2-5H,6-10H2,1H3,(H,22,26). The summed E-state index contributed by atoms with van der Waals surface area (Å²) in [7, 11) is -3.66. The lowest BCUT2D eigenvalue weighted by atomic mass is 10.3. The predicted octanol–water partition coefficient (Wildman–Crippen LogP) is 2.63. The van der Waals surface area contributed by atoms with Crippen molar-refractivity contribution in [3.05, 3.63) is 40.1 Å². The molecule has 1 amide bonds. The topological polar surface area (TPSA) is 93.5 Å². The van der Waals surface area contributed by atoms with Crippen LogP contribution in [0.1, 0.15) is 11.4 Å². The van der Waals surface area contributed by atoms with E-state index in [0.29, 0.717) is 18.9 Å². The molecule has 1 saturated heterocycles. The van der Waals surface area contributed by atoms with E-state index < -0.39 is 34.3 Å². The van der Waals surface area contributed by atoms with Gasteiger partial charge in [-0.05, 0) is 47.1 Å². The minimum atomic E-state index is -4.65. The lowest BCUT2D eigenvalue weighted by Crippen LogP contribution is -2.40. The Morgan fingerprint density at radius 3 is 2.37 bits per heavy atom. The van der Waals surface area contributed by atoms with Crippen LogP contribution in [0.15, 0.2) is 33.6 Å². The maximum absolute atomic E-state index is 12.9. The molecular weight excluding hydrogens is 493 g/mol. The molecule has 8 nitrogen and oxygen atoms in total. The number of sulfonamides is 1. The Bertz CT molecular complexity index is 1030. The van der Waals surface area contributed by atoms with Crippen molar-refractivity contribution in [1.29, 1.82) is 0 Å². The molecule has 2 heterocycles. The summed E-state index contributed by atoms with van der Waals surface area (Å²) in [4.78, 5) is 12.3. The molecule has 0 unspecified atom stereocenters. The van der Waals surface area contributed by atoms with Gasteiger partial charge in [0.1, 0.15) is 6.54 Å². The van der Waals surface area contributed by atoms with Gasteiger partial charge in [0.25, 0.3) is 0 Å². The summed E-state index contributed by atoms with van der Waals surface area (Å²) >= 11 is 2.85. The SMILES string of the molecule is Cc1c(Br)c(C(F)(F)F)nn1CC(=O)Nc1ccc(S(=O)(=O)N2CCOCC2)cc1. The Balaban J connectivity index is 1.68. The van der Waals surface area contributed by atoms with Gasteiger partial charge in [0.05, 0.1) is 28.3 Å². The first-order valence-electron chi connectivity index (χ1n) is 8.78. The summed E-state index contributed by atoms with van der Waals surface area (Å²) in [5, 5.41) is 5.97. The van der Waals surface area contributed by atoms with Crippen LogP contribution >= 0.6 is 15.9 Å². The van der Waals surface area contributed by atoms with Crippen molar-refractivity contribution in [1.82, 2.24) is 14.1 Å². The van der Waals surface area contributed by atoms with E-state index in [1.54, 1.807) is 0 Å². The molecule has 164 valence electrons. The molecule has 1 aromatic heterocycles. The van der Waals surface area contributed by atoms with Crippen molar-refractivity contribution in [3.63, 3.8) is 0 Å². The van der Waals surface area contributed by atoms with Crippen LogP contribution in [-0.4, -0.2) is 54.7 Å². The van der Waals surface area contributed by atoms with E-state index in [9.17, 15) is 26.4 Å². The van der Waals surface area contributed by atoms with Crippen LogP contribution in [-0.2, 0) is 32.3 Å². The van der Waals surface area contributed by atoms with Gasteiger partial charge in [-0.2, -0.15) is 22.6 Å². The normalized spacial score (nSPS) is 15.9. The zero-order valence-corrected chi connectivity index (χ0v) is 18.1. The van der Waals surface area contributed by atoms with Gasteiger partial charge in [-0.3, -0.25) is 9.48 Å². The molecule has 0 atom stereocenters. The molecule has 0 bridgehead atoms. The van der Waals surface area contributed by atoms with E-state index in [2.05, 4.69) is 26.3 Å². The summed E-state index contributed by atoms with van der Waals surface area (Å²) in [6, 6.07) is 5.55. The zero-order valence-electron chi connectivity index (χ0n) is 15.7. The highest BCUT2D eigenvalue weighted by molar-refractivity contribution is 9.10. The summed E-state index contributed by atoms with van der Waals surface area (Å²) in [6.45, 7) is 2.15. The van der Waals surface area contributed by atoms with Gasteiger partial charge in [-0.1, -0.05) is 0 Å². The molecule has 0 spiro atoms. The lowest BCUT2D eigenvalue weighted by Gasteiger charge is -2.26. The third kappa shape index (κ3) is 4.85. The second kappa shape index (κ2) is 8.65. The third-order valence-electron chi connectivity index (χ3n) is 4.44. The minimum Gasteiger partial charge on any atom is -0.379 e. The summed E-state index contributed by atoms with van der Waals surface area (Å²) in [5.41, 5.74) is -0.643. The number of morpholine rings is 1. The molecule has 3 rings (SSSR count). The van der Waals surface area contributed by atoms with E-state index in [0.717, 1.165) is 4.68 Å². The summed E-state index contributed by atoms with van der Waals surface area (Å²) < 4.78 is 71.2. The quantitative estimate of drug-likeness (QED) is 0.667. The van der Waals surface area contributed by atoms with Crippen LogP contribution in [0.25, 0.3) is 0 Å². The van der Waals surface area contributed by atoms with Gasteiger partial charge in [0.2, 0.25) is 15.9 Å². The van der Waals surface area contributed by atoms with E-state index in [-0.39, 0.29) is 28.2 Å². The molecule has 0 radical (unpaired) electrons. The van der Waals surface area contributed by atoms with Crippen LogP contribution in [0.2, 0.25) is 0 Å². The number of nitrogens with one attached hydrogen (secondary N) is 1. The summed E-state index contributed by atoms with van der Waals surface area (Å²) in [6.07, 6.45) is -4.65. The van der Waals surface area contributed by atoms with Crippen molar-refractivity contribution in [3.8, 4) is 0 Å². The Morgan fingerprint density at radius 2 is 1.83 bits per heavy atom. The molecule has 30 heavy (non-hydrogen) atoms. The van der Waals surface area contributed by atoms with E-state index in [4.69, 9.17) is 4.74 Å². The fourth-order valence-electron chi connectivity index (χ4n) is 2.84. The number of benzene rings is 1. The third-order valence-corrected chi connectivity index (χ3v) is 7.30. The van der Waals surface area contributed by atoms with Crippen molar-refractivity contribution < 1.29 is 31.1 Å². The second-order valence-corrected chi connectivity index (χ2v) is 9.22. The van der Waals surface area contributed by atoms with Crippen LogP contribution in [0, 0.1) is 6.92 Å². The molecule has 1 aromatic carbocycles. The first-order valence-corrected chi connectivity index (χ1v) is 11.0. The van der Waals surface area contributed by atoms with Crippen LogP contribution in [0.5, 0.6) is 0 Å². The van der Waals surface area contributed by atoms with Crippen LogP contribution < -0.4 is 5.32 Å². The largest absolute Gasteiger partial charge is 0.436 e. The van der Waals surface area contributed by atoms with Crippen LogP contribution in [0.3, 0.4) is 0 Å². The average Bonchev–Trinajstić information content (AvgIpc) is 2.97. The molecule has 1 N–H and O–H groups in total.